The van der Waals surface area contributed by atoms with Crippen molar-refractivity contribution < 1.29 is 4.79 Å². The van der Waals surface area contributed by atoms with E-state index >= 15 is 0 Å². The normalized spacial score (nSPS) is 17.3. The largest absolute Gasteiger partial charge is 0.354 e. The van der Waals surface area contributed by atoms with Crippen LogP contribution in [0, 0.1) is 5.92 Å². The number of carbonyl (C=O) groups excluding carboxylic acids is 1. The molecule has 1 aromatic heterocycles. The highest BCUT2D eigenvalue weighted by Crippen LogP contribution is 2.28. The van der Waals surface area contributed by atoms with Gasteiger partial charge in [-0.2, -0.15) is 0 Å². The highest BCUT2D eigenvalue weighted by Gasteiger charge is 2.37. The van der Waals surface area contributed by atoms with Crippen molar-refractivity contribution in [1.29, 1.82) is 0 Å². The van der Waals surface area contributed by atoms with Gasteiger partial charge in [-0.3, -0.25) is 9.78 Å². The average Bonchev–Trinajstić information content (AvgIpc) is 2.88. The smallest absolute Gasteiger partial charge is 0.240 e. The summed E-state index contributed by atoms with van der Waals surface area (Å²) in [5.41, 5.74) is 6.70. The van der Waals surface area contributed by atoms with E-state index < -0.39 is 5.54 Å². The summed E-state index contributed by atoms with van der Waals surface area (Å²) in [5, 5.41) is 3.05. The zero-order valence-corrected chi connectivity index (χ0v) is 14.9. The van der Waals surface area contributed by atoms with Crippen LogP contribution in [0.2, 0.25) is 0 Å². The van der Waals surface area contributed by atoms with Crippen LogP contribution >= 0.6 is 24.8 Å². The second-order valence-corrected chi connectivity index (χ2v) is 6.21. The molecule has 126 valence electrons. The van der Waals surface area contributed by atoms with Crippen molar-refractivity contribution in [3.8, 4) is 0 Å². The molecule has 1 aromatic rings. The first-order chi connectivity index (χ1) is 9.53. The molecule has 2 rings (SSSR count). The molecule has 1 aliphatic rings. The van der Waals surface area contributed by atoms with E-state index in [1.165, 1.54) is 5.56 Å². The molecule has 1 fully saturated rings. The average molecular weight is 348 g/mol. The summed E-state index contributed by atoms with van der Waals surface area (Å²) >= 11 is 0. The minimum absolute atomic E-state index is 0. The number of rotatable bonds is 5. The lowest BCUT2D eigenvalue weighted by atomic mass is 9.89. The Labute approximate surface area is 145 Å². The SMILES string of the molecule is CC(C)C(CNC(=O)C1(N)CCCC1)c1cccnc1.Cl.Cl. The van der Waals surface area contributed by atoms with Gasteiger partial charge in [-0.15, -0.1) is 24.8 Å². The number of nitrogens with zero attached hydrogens (tertiary/aromatic N) is 1. The molecule has 22 heavy (non-hydrogen) atoms. The third-order valence-electron chi connectivity index (χ3n) is 4.35. The summed E-state index contributed by atoms with van der Waals surface area (Å²) in [5.74, 6) is 0.721. The Kier molecular flexibility index (Phi) is 8.98. The zero-order chi connectivity index (χ0) is 14.6. The van der Waals surface area contributed by atoms with Gasteiger partial charge in [-0.25, -0.2) is 0 Å². The second kappa shape index (κ2) is 9.33. The molecule has 6 heteroatoms. The van der Waals surface area contributed by atoms with Crippen LogP contribution in [0.5, 0.6) is 0 Å². The van der Waals surface area contributed by atoms with Gasteiger partial charge in [0.05, 0.1) is 5.54 Å². The molecule has 1 heterocycles. The van der Waals surface area contributed by atoms with E-state index in [1.807, 2.05) is 12.3 Å². The van der Waals surface area contributed by atoms with Crippen LogP contribution < -0.4 is 11.1 Å². The molecule has 1 amide bonds. The maximum Gasteiger partial charge on any atom is 0.240 e. The molecule has 0 spiro atoms. The number of halogens is 2. The number of pyridine rings is 1. The second-order valence-electron chi connectivity index (χ2n) is 6.21. The third-order valence-corrected chi connectivity index (χ3v) is 4.35. The Morgan fingerprint density at radius 1 is 1.36 bits per heavy atom. The van der Waals surface area contributed by atoms with Gasteiger partial charge in [0.15, 0.2) is 0 Å². The fraction of sp³-hybridized carbons (Fsp3) is 0.625. The van der Waals surface area contributed by atoms with Crippen LogP contribution in [0.15, 0.2) is 24.5 Å². The van der Waals surface area contributed by atoms with Crippen molar-refractivity contribution in [3.05, 3.63) is 30.1 Å². The fourth-order valence-corrected chi connectivity index (χ4v) is 2.95. The van der Waals surface area contributed by atoms with Gasteiger partial charge < -0.3 is 11.1 Å². The van der Waals surface area contributed by atoms with Gasteiger partial charge >= 0.3 is 0 Å². The summed E-state index contributed by atoms with van der Waals surface area (Å²) in [6.07, 6.45) is 7.37. The summed E-state index contributed by atoms with van der Waals surface area (Å²) in [4.78, 5) is 16.4. The minimum atomic E-state index is -0.642. The van der Waals surface area contributed by atoms with E-state index in [9.17, 15) is 4.79 Å². The molecule has 1 saturated carbocycles. The molecule has 0 aliphatic heterocycles. The number of hydrogen-bond donors (Lipinski definition) is 2. The molecule has 0 bridgehead atoms. The summed E-state index contributed by atoms with van der Waals surface area (Å²) in [7, 11) is 0. The molecule has 1 unspecified atom stereocenters. The molecule has 0 saturated heterocycles. The van der Waals surface area contributed by atoms with E-state index in [-0.39, 0.29) is 36.6 Å². The monoisotopic (exact) mass is 347 g/mol. The lowest BCUT2D eigenvalue weighted by Gasteiger charge is -2.26. The third kappa shape index (κ3) is 5.11. The molecule has 0 aromatic carbocycles. The predicted octanol–water partition coefficient (Wildman–Crippen LogP) is 3.05. The van der Waals surface area contributed by atoms with E-state index in [0.717, 1.165) is 25.7 Å². The maximum atomic E-state index is 12.3. The zero-order valence-electron chi connectivity index (χ0n) is 13.2. The number of hydrogen-bond acceptors (Lipinski definition) is 3. The van der Waals surface area contributed by atoms with Crippen LogP contribution in [-0.4, -0.2) is 23.0 Å². The van der Waals surface area contributed by atoms with Crippen molar-refractivity contribution in [2.75, 3.05) is 6.54 Å². The number of nitrogens with two attached hydrogens (primary N) is 1. The number of aromatic nitrogens is 1. The van der Waals surface area contributed by atoms with Crippen LogP contribution in [0.25, 0.3) is 0 Å². The Balaban J connectivity index is 0.00000220. The van der Waals surface area contributed by atoms with Crippen LogP contribution in [-0.2, 0) is 4.79 Å². The molecule has 4 nitrogen and oxygen atoms in total. The molecular formula is C16H27Cl2N3O. The van der Waals surface area contributed by atoms with Crippen LogP contribution in [0.1, 0.15) is 51.0 Å². The highest BCUT2D eigenvalue weighted by molar-refractivity contribution is 5.86. The lowest BCUT2D eigenvalue weighted by Crippen LogP contribution is -2.52. The molecule has 1 atom stereocenters. The summed E-state index contributed by atoms with van der Waals surface area (Å²) in [6.45, 7) is 4.95. The first-order valence-corrected chi connectivity index (χ1v) is 7.50. The molecular weight excluding hydrogens is 321 g/mol. The number of nitrogens with one attached hydrogen (secondary N) is 1. The Hall–Kier alpha value is -0.840. The summed E-state index contributed by atoms with van der Waals surface area (Å²) < 4.78 is 0. The van der Waals surface area contributed by atoms with E-state index in [1.54, 1.807) is 6.20 Å². The lowest BCUT2D eigenvalue weighted by molar-refractivity contribution is -0.126. The standard InChI is InChI=1S/C16H25N3O.2ClH/c1-12(2)14(13-6-5-9-18-10-13)11-19-15(20)16(17)7-3-4-8-16;;/h5-6,9-10,12,14H,3-4,7-8,11,17H2,1-2H3,(H,19,20);2*1H. The fourth-order valence-electron chi connectivity index (χ4n) is 2.95. The minimum Gasteiger partial charge on any atom is -0.354 e. The van der Waals surface area contributed by atoms with Crippen molar-refractivity contribution in [2.24, 2.45) is 11.7 Å². The number of amides is 1. The molecule has 1 aliphatic carbocycles. The van der Waals surface area contributed by atoms with Gasteiger partial charge in [0.1, 0.15) is 0 Å². The van der Waals surface area contributed by atoms with Crippen molar-refractivity contribution >= 4 is 30.7 Å². The molecule has 3 N–H and O–H groups in total. The topological polar surface area (TPSA) is 68.0 Å². The van der Waals surface area contributed by atoms with Crippen molar-refractivity contribution in [2.45, 2.75) is 51.0 Å². The number of carbonyl (C=O) groups is 1. The van der Waals surface area contributed by atoms with E-state index in [2.05, 4.69) is 30.2 Å². The van der Waals surface area contributed by atoms with Gasteiger partial charge in [0.2, 0.25) is 5.91 Å². The van der Waals surface area contributed by atoms with E-state index in [4.69, 9.17) is 5.73 Å². The Morgan fingerprint density at radius 3 is 2.50 bits per heavy atom. The first kappa shape index (κ1) is 21.2. The van der Waals surface area contributed by atoms with Gasteiger partial charge in [0.25, 0.3) is 0 Å². The van der Waals surface area contributed by atoms with Gasteiger partial charge in [-0.05, 0) is 30.4 Å². The van der Waals surface area contributed by atoms with Crippen molar-refractivity contribution in [1.82, 2.24) is 10.3 Å². The van der Waals surface area contributed by atoms with E-state index in [0.29, 0.717) is 12.5 Å². The molecule has 0 radical (unpaired) electrons. The van der Waals surface area contributed by atoms with Crippen LogP contribution in [0.4, 0.5) is 0 Å². The first-order valence-electron chi connectivity index (χ1n) is 7.50. The summed E-state index contributed by atoms with van der Waals surface area (Å²) in [6, 6.07) is 4.01. The Morgan fingerprint density at radius 2 is 2.00 bits per heavy atom. The quantitative estimate of drug-likeness (QED) is 0.859. The maximum absolute atomic E-state index is 12.3. The highest BCUT2D eigenvalue weighted by atomic mass is 35.5. The van der Waals surface area contributed by atoms with Gasteiger partial charge in [0, 0.05) is 24.9 Å². The van der Waals surface area contributed by atoms with Crippen LogP contribution in [0.3, 0.4) is 0 Å². The Bertz CT molecular complexity index is 448. The predicted molar refractivity (Wildman–Crippen MR) is 94.7 cm³/mol. The van der Waals surface area contributed by atoms with Gasteiger partial charge in [-0.1, -0.05) is 32.8 Å². The van der Waals surface area contributed by atoms with Crippen molar-refractivity contribution in [3.63, 3.8) is 0 Å².